The maximum atomic E-state index is 13.0. The van der Waals surface area contributed by atoms with Crippen molar-refractivity contribution in [2.45, 2.75) is 13.3 Å². The average molecular weight is 543 g/mol. The molecule has 3 aromatic rings. The molecule has 0 saturated carbocycles. The number of thiocarbonyl (C=S) groups is 1. The molecule has 1 aliphatic heterocycles. The van der Waals surface area contributed by atoms with Crippen LogP contribution in [-0.2, 0) is 16.0 Å². The lowest BCUT2D eigenvalue weighted by molar-refractivity contribution is -0.118. The second-order valence-electron chi connectivity index (χ2n) is 7.55. The Morgan fingerprint density at radius 1 is 1.11 bits per heavy atom. The van der Waals surface area contributed by atoms with E-state index in [9.17, 15) is 9.59 Å². The Bertz CT molecular complexity index is 1330. The van der Waals surface area contributed by atoms with Gasteiger partial charge in [0, 0.05) is 0 Å². The van der Waals surface area contributed by atoms with Gasteiger partial charge in [0.05, 0.1) is 26.3 Å². The van der Waals surface area contributed by atoms with Crippen LogP contribution in [0.25, 0.3) is 6.08 Å². The lowest BCUT2D eigenvalue weighted by Gasteiger charge is -2.14. The zero-order valence-electron chi connectivity index (χ0n) is 18.6. The maximum Gasteiger partial charge on any atom is 0.270 e. The Morgan fingerprint density at radius 3 is 2.60 bits per heavy atom. The number of amides is 2. The first-order chi connectivity index (χ1) is 16.9. The molecule has 0 radical (unpaired) electrons. The number of carbonyl (C=O) groups is 2. The molecule has 35 heavy (non-hydrogen) atoms. The number of benzene rings is 3. The van der Waals surface area contributed by atoms with Crippen molar-refractivity contribution in [2.75, 3.05) is 16.8 Å². The van der Waals surface area contributed by atoms with E-state index in [1.54, 1.807) is 42.5 Å². The van der Waals surface area contributed by atoms with Gasteiger partial charge in [-0.15, -0.1) is 0 Å². The molecular weight excluding hydrogens is 523 g/mol. The Labute approximate surface area is 223 Å². The SMILES string of the molecule is CCc1ccc(N2C(=O)/C(=C/c3cccc(OCC(=O)Nc4cccc(Cl)c4Cl)c3)SC2=S)cc1. The summed E-state index contributed by atoms with van der Waals surface area (Å²) in [5.74, 6) is -0.0698. The zero-order chi connectivity index (χ0) is 24.9. The minimum absolute atomic E-state index is 0.173. The van der Waals surface area contributed by atoms with Gasteiger partial charge in [-0.2, -0.15) is 0 Å². The molecule has 1 heterocycles. The maximum absolute atomic E-state index is 13.0. The van der Waals surface area contributed by atoms with E-state index in [1.807, 2.05) is 30.3 Å². The third kappa shape index (κ3) is 6.05. The first kappa shape index (κ1) is 25.3. The summed E-state index contributed by atoms with van der Waals surface area (Å²) in [5, 5.41) is 3.29. The quantitative estimate of drug-likeness (QED) is 0.257. The fourth-order valence-electron chi connectivity index (χ4n) is 3.35. The number of ether oxygens (including phenoxy) is 1. The van der Waals surface area contributed by atoms with Crippen molar-refractivity contribution < 1.29 is 14.3 Å². The van der Waals surface area contributed by atoms with Gasteiger partial charge in [0.1, 0.15) is 5.75 Å². The van der Waals surface area contributed by atoms with Gasteiger partial charge >= 0.3 is 0 Å². The summed E-state index contributed by atoms with van der Waals surface area (Å²) in [6.45, 7) is 1.86. The van der Waals surface area contributed by atoms with Gasteiger partial charge in [-0.05, 0) is 60.0 Å². The first-order valence-electron chi connectivity index (χ1n) is 10.7. The van der Waals surface area contributed by atoms with E-state index in [2.05, 4.69) is 12.2 Å². The van der Waals surface area contributed by atoms with Crippen LogP contribution in [0.1, 0.15) is 18.1 Å². The lowest BCUT2D eigenvalue weighted by atomic mass is 10.1. The summed E-state index contributed by atoms with van der Waals surface area (Å²) in [4.78, 5) is 27.4. The summed E-state index contributed by atoms with van der Waals surface area (Å²) < 4.78 is 6.11. The number of hydrogen-bond donors (Lipinski definition) is 1. The normalized spacial score (nSPS) is 14.5. The number of carbonyl (C=O) groups excluding carboxylic acids is 2. The van der Waals surface area contributed by atoms with Gasteiger partial charge in [0.25, 0.3) is 11.8 Å². The highest BCUT2D eigenvalue weighted by molar-refractivity contribution is 8.27. The molecule has 0 bridgehead atoms. The molecule has 0 aromatic heterocycles. The predicted octanol–water partition coefficient (Wildman–Crippen LogP) is 6.98. The highest BCUT2D eigenvalue weighted by Gasteiger charge is 2.33. The van der Waals surface area contributed by atoms with Gasteiger partial charge in [0.15, 0.2) is 10.9 Å². The molecule has 2 amide bonds. The molecule has 0 spiro atoms. The van der Waals surface area contributed by atoms with Crippen molar-refractivity contribution in [1.82, 2.24) is 0 Å². The van der Waals surface area contributed by atoms with Crippen molar-refractivity contribution in [3.8, 4) is 5.75 Å². The molecule has 178 valence electrons. The molecule has 0 atom stereocenters. The van der Waals surface area contributed by atoms with Gasteiger partial charge in [0.2, 0.25) is 0 Å². The van der Waals surface area contributed by atoms with Gasteiger partial charge in [-0.25, -0.2) is 0 Å². The molecule has 0 unspecified atom stereocenters. The standard InChI is InChI=1S/C26H20Cl2N2O3S2/c1-2-16-9-11-18(12-10-16)30-25(32)22(35-26(30)34)14-17-5-3-6-19(13-17)33-15-23(31)29-21-8-4-7-20(27)24(21)28/h3-14H,2,15H2,1H3,(H,29,31)/b22-14-. The van der Waals surface area contributed by atoms with Gasteiger partial charge in [-0.3, -0.25) is 14.5 Å². The Hall–Kier alpha value is -2.84. The molecule has 9 heteroatoms. The highest BCUT2D eigenvalue weighted by Crippen LogP contribution is 2.36. The smallest absolute Gasteiger partial charge is 0.270 e. The van der Waals surface area contributed by atoms with Crippen molar-refractivity contribution in [3.05, 3.63) is 92.8 Å². The molecule has 1 saturated heterocycles. The number of thioether (sulfide) groups is 1. The number of hydrogen-bond acceptors (Lipinski definition) is 5. The van der Waals surface area contributed by atoms with E-state index in [0.717, 1.165) is 17.7 Å². The van der Waals surface area contributed by atoms with E-state index in [0.29, 0.717) is 25.7 Å². The second kappa shape index (κ2) is 11.3. The Balaban J connectivity index is 1.42. The predicted molar refractivity (Wildman–Crippen MR) is 149 cm³/mol. The van der Waals surface area contributed by atoms with Crippen molar-refractivity contribution in [3.63, 3.8) is 0 Å². The summed E-state index contributed by atoms with van der Waals surface area (Å²) in [5.41, 5.74) is 3.10. The Kier molecular flexibility index (Phi) is 8.13. The number of rotatable bonds is 7. The van der Waals surface area contributed by atoms with Crippen LogP contribution in [0.2, 0.25) is 10.0 Å². The van der Waals surface area contributed by atoms with Crippen molar-refractivity contribution >= 4 is 80.8 Å². The molecule has 1 aliphatic rings. The van der Waals surface area contributed by atoms with E-state index >= 15 is 0 Å². The number of anilines is 2. The summed E-state index contributed by atoms with van der Waals surface area (Å²) in [6, 6.07) is 19.9. The van der Waals surface area contributed by atoms with Gasteiger partial charge in [-0.1, -0.05) is 84.4 Å². The lowest BCUT2D eigenvalue weighted by Crippen LogP contribution is -2.27. The van der Waals surface area contributed by atoms with Crippen LogP contribution in [-0.4, -0.2) is 22.7 Å². The minimum atomic E-state index is -0.380. The molecule has 4 rings (SSSR count). The topological polar surface area (TPSA) is 58.6 Å². The average Bonchev–Trinajstić information content (AvgIpc) is 3.13. The van der Waals surface area contributed by atoms with Crippen LogP contribution in [0.3, 0.4) is 0 Å². The van der Waals surface area contributed by atoms with Crippen LogP contribution in [0.5, 0.6) is 5.75 Å². The molecule has 3 aromatic carbocycles. The van der Waals surface area contributed by atoms with E-state index in [-0.39, 0.29) is 23.4 Å². The van der Waals surface area contributed by atoms with Crippen LogP contribution in [0.15, 0.2) is 71.6 Å². The van der Waals surface area contributed by atoms with Crippen LogP contribution in [0.4, 0.5) is 11.4 Å². The number of halogens is 2. The second-order valence-corrected chi connectivity index (χ2v) is 10.0. The van der Waals surface area contributed by atoms with E-state index < -0.39 is 0 Å². The zero-order valence-corrected chi connectivity index (χ0v) is 21.7. The number of nitrogens with zero attached hydrogens (tertiary/aromatic N) is 1. The monoisotopic (exact) mass is 542 g/mol. The Morgan fingerprint density at radius 2 is 1.86 bits per heavy atom. The van der Waals surface area contributed by atoms with Crippen LogP contribution >= 0.6 is 47.2 Å². The van der Waals surface area contributed by atoms with Gasteiger partial charge < -0.3 is 10.1 Å². The molecule has 1 fully saturated rings. The minimum Gasteiger partial charge on any atom is -0.484 e. The summed E-state index contributed by atoms with van der Waals surface area (Å²) in [6.07, 6.45) is 2.69. The summed E-state index contributed by atoms with van der Waals surface area (Å²) in [7, 11) is 0. The highest BCUT2D eigenvalue weighted by atomic mass is 35.5. The fourth-order valence-corrected chi connectivity index (χ4v) is 5.00. The third-order valence-corrected chi connectivity index (χ3v) is 7.27. The van der Waals surface area contributed by atoms with E-state index in [1.165, 1.54) is 22.2 Å². The third-order valence-electron chi connectivity index (χ3n) is 5.15. The largest absolute Gasteiger partial charge is 0.484 e. The molecule has 1 N–H and O–H groups in total. The van der Waals surface area contributed by atoms with E-state index in [4.69, 9.17) is 40.2 Å². The number of aryl methyl sites for hydroxylation is 1. The first-order valence-corrected chi connectivity index (χ1v) is 12.7. The van der Waals surface area contributed by atoms with Crippen molar-refractivity contribution in [2.24, 2.45) is 0 Å². The van der Waals surface area contributed by atoms with Crippen LogP contribution in [0, 0.1) is 0 Å². The van der Waals surface area contributed by atoms with Crippen molar-refractivity contribution in [1.29, 1.82) is 0 Å². The molecular formula is C26H20Cl2N2O3S2. The fraction of sp³-hybridized carbons (Fsp3) is 0.115. The molecule has 0 aliphatic carbocycles. The number of nitrogens with one attached hydrogen (secondary N) is 1. The van der Waals surface area contributed by atoms with Crippen LogP contribution < -0.4 is 15.0 Å². The summed E-state index contributed by atoms with van der Waals surface area (Å²) >= 11 is 18.8. The molecule has 5 nitrogen and oxygen atoms in total.